The van der Waals surface area contributed by atoms with E-state index >= 15 is 0 Å². The summed E-state index contributed by atoms with van der Waals surface area (Å²) in [6, 6.07) is 12.3. The molecule has 4 amide bonds. The van der Waals surface area contributed by atoms with E-state index in [0.717, 1.165) is 16.0 Å². The molecule has 1 unspecified atom stereocenters. The molecule has 1 saturated heterocycles. The smallest absolute Gasteiger partial charge is 0.325 e. The molecule has 6 nitrogen and oxygen atoms in total. The number of hydrogen-bond acceptors (Lipinski definition) is 3. The van der Waals surface area contributed by atoms with Gasteiger partial charge in [0, 0.05) is 6.54 Å². The fraction of sp³-hybridized carbons (Fsp3) is 0.250. The van der Waals surface area contributed by atoms with Gasteiger partial charge in [-0.2, -0.15) is 0 Å². The number of halogens is 1. The largest absolute Gasteiger partial charge is 0.350 e. The fourth-order valence-corrected chi connectivity index (χ4v) is 2.93. The highest BCUT2D eigenvalue weighted by Crippen LogP contribution is 2.28. The first-order valence-electron chi connectivity index (χ1n) is 8.52. The number of carbonyl (C=O) groups excluding carboxylic acids is 3. The van der Waals surface area contributed by atoms with Crippen molar-refractivity contribution in [1.29, 1.82) is 0 Å². The standard InChI is InChI=1S/C20H20FN3O3/c1-13-3-5-14(6-4-13)11-22-17(25)12-24-18(26)20(2,23-19(24)27)15-7-9-16(21)10-8-15/h3-10H,11-12H2,1-2H3,(H,22,25)(H,23,27). The van der Waals surface area contributed by atoms with Gasteiger partial charge in [-0.05, 0) is 37.1 Å². The lowest BCUT2D eigenvalue weighted by Gasteiger charge is -2.22. The van der Waals surface area contributed by atoms with Crippen molar-refractivity contribution in [2.45, 2.75) is 25.9 Å². The predicted octanol–water partition coefficient (Wildman–Crippen LogP) is 2.22. The minimum atomic E-state index is -1.33. The second-order valence-corrected chi connectivity index (χ2v) is 6.72. The van der Waals surface area contributed by atoms with Crippen LogP contribution in [0.2, 0.25) is 0 Å². The van der Waals surface area contributed by atoms with Crippen LogP contribution >= 0.6 is 0 Å². The van der Waals surface area contributed by atoms with E-state index in [1.165, 1.54) is 31.2 Å². The normalized spacial score (nSPS) is 19.1. The Kier molecular flexibility index (Phi) is 4.94. The van der Waals surface area contributed by atoms with Crippen molar-refractivity contribution in [3.63, 3.8) is 0 Å². The zero-order valence-electron chi connectivity index (χ0n) is 15.1. The first-order valence-corrected chi connectivity index (χ1v) is 8.52. The van der Waals surface area contributed by atoms with Crippen molar-refractivity contribution in [2.75, 3.05) is 6.54 Å². The van der Waals surface area contributed by atoms with Crippen LogP contribution < -0.4 is 10.6 Å². The summed E-state index contributed by atoms with van der Waals surface area (Å²) in [7, 11) is 0. The van der Waals surface area contributed by atoms with Gasteiger partial charge >= 0.3 is 6.03 Å². The van der Waals surface area contributed by atoms with Gasteiger partial charge in [-0.25, -0.2) is 9.18 Å². The molecule has 1 aliphatic heterocycles. The number of carbonyl (C=O) groups is 3. The number of rotatable bonds is 5. The van der Waals surface area contributed by atoms with E-state index < -0.39 is 29.2 Å². The molecule has 2 aromatic carbocycles. The maximum atomic E-state index is 13.1. The second-order valence-electron chi connectivity index (χ2n) is 6.72. The van der Waals surface area contributed by atoms with E-state index in [9.17, 15) is 18.8 Å². The lowest BCUT2D eigenvalue weighted by Crippen LogP contribution is -2.43. The Hall–Kier alpha value is -3.22. The van der Waals surface area contributed by atoms with Gasteiger partial charge in [0.15, 0.2) is 0 Å². The highest BCUT2D eigenvalue weighted by atomic mass is 19.1. The molecule has 0 aliphatic carbocycles. The molecule has 0 saturated carbocycles. The van der Waals surface area contributed by atoms with Crippen molar-refractivity contribution in [3.8, 4) is 0 Å². The van der Waals surface area contributed by atoms with E-state index in [1.54, 1.807) is 0 Å². The Morgan fingerprint density at radius 1 is 1.11 bits per heavy atom. The summed E-state index contributed by atoms with van der Waals surface area (Å²) in [5, 5.41) is 5.28. The topological polar surface area (TPSA) is 78.5 Å². The molecule has 0 aromatic heterocycles. The summed E-state index contributed by atoms with van der Waals surface area (Å²) in [6.45, 7) is 3.42. The molecule has 1 heterocycles. The summed E-state index contributed by atoms with van der Waals surface area (Å²) >= 11 is 0. The average Bonchev–Trinajstić information content (AvgIpc) is 2.86. The third-order valence-corrected chi connectivity index (χ3v) is 4.61. The van der Waals surface area contributed by atoms with Crippen LogP contribution in [0.15, 0.2) is 48.5 Å². The number of urea groups is 1. The van der Waals surface area contributed by atoms with Crippen molar-refractivity contribution >= 4 is 17.8 Å². The van der Waals surface area contributed by atoms with E-state index in [1.807, 2.05) is 31.2 Å². The highest BCUT2D eigenvalue weighted by Gasteiger charge is 2.49. The van der Waals surface area contributed by atoms with Crippen molar-refractivity contribution in [3.05, 3.63) is 71.0 Å². The number of nitrogens with zero attached hydrogens (tertiary/aromatic N) is 1. The number of hydrogen-bond donors (Lipinski definition) is 2. The van der Waals surface area contributed by atoms with E-state index in [2.05, 4.69) is 10.6 Å². The quantitative estimate of drug-likeness (QED) is 0.794. The van der Waals surface area contributed by atoms with Gasteiger partial charge in [0.25, 0.3) is 5.91 Å². The molecule has 1 atom stereocenters. The lowest BCUT2D eigenvalue weighted by molar-refractivity contribution is -0.134. The average molecular weight is 369 g/mol. The van der Waals surface area contributed by atoms with Crippen LogP contribution in [0.5, 0.6) is 0 Å². The Bertz CT molecular complexity index is 880. The Morgan fingerprint density at radius 3 is 2.37 bits per heavy atom. The molecule has 0 spiro atoms. The van der Waals surface area contributed by atoms with Crippen LogP contribution in [0.25, 0.3) is 0 Å². The fourth-order valence-electron chi connectivity index (χ4n) is 2.93. The van der Waals surface area contributed by atoms with Gasteiger partial charge in [-0.15, -0.1) is 0 Å². The Labute approximate surface area is 156 Å². The maximum Gasteiger partial charge on any atom is 0.325 e. The zero-order chi connectivity index (χ0) is 19.6. The third-order valence-electron chi connectivity index (χ3n) is 4.61. The van der Waals surface area contributed by atoms with Crippen molar-refractivity contribution < 1.29 is 18.8 Å². The summed E-state index contributed by atoms with van der Waals surface area (Å²) in [4.78, 5) is 38.0. The number of nitrogens with one attached hydrogen (secondary N) is 2. The zero-order valence-corrected chi connectivity index (χ0v) is 15.1. The number of amides is 4. The van der Waals surface area contributed by atoms with Crippen LogP contribution in [0, 0.1) is 12.7 Å². The lowest BCUT2D eigenvalue weighted by atomic mass is 9.92. The molecule has 3 rings (SSSR count). The van der Waals surface area contributed by atoms with Crippen LogP contribution in [0.1, 0.15) is 23.6 Å². The Morgan fingerprint density at radius 2 is 1.74 bits per heavy atom. The molecule has 1 fully saturated rings. The second kappa shape index (κ2) is 7.19. The summed E-state index contributed by atoms with van der Waals surface area (Å²) in [5.41, 5.74) is 1.15. The molecule has 0 bridgehead atoms. The van der Waals surface area contributed by atoms with E-state index in [-0.39, 0.29) is 6.54 Å². The molecule has 140 valence electrons. The monoisotopic (exact) mass is 369 g/mol. The van der Waals surface area contributed by atoms with Gasteiger partial charge in [-0.3, -0.25) is 14.5 Å². The SMILES string of the molecule is Cc1ccc(CNC(=O)CN2C(=O)NC(C)(c3ccc(F)cc3)C2=O)cc1. The minimum absolute atomic E-state index is 0.304. The number of imide groups is 1. The van der Waals surface area contributed by atoms with Crippen molar-refractivity contribution in [2.24, 2.45) is 0 Å². The van der Waals surface area contributed by atoms with Gasteiger partial charge in [-0.1, -0.05) is 42.0 Å². The van der Waals surface area contributed by atoms with E-state index in [4.69, 9.17) is 0 Å². The molecular weight excluding hydrogens is 349 g/mol. The molecule has 0 radical (unpaired) electrons. The van der Waals surface area contributed by atoms with Crippen LogP contribution in [0.3, 0.4) is 0 Å². The van der Waals surface area contributed by atoms with E-state index in [0.29, 0.717) is 12.1 Å². The van der Waals surface area contributed by atoms with Crippen LogP contribution in [-0.4, -0.2) is 29.3 Å². The summed E-state index contributed by atoms with van der Waals surface area (Å²) in [6.07, 6.45) is 0. The van der Waals surface area contributed by atoms with Gasteiger partial charge in [0.2, 0.25) is 5.91 Å². The molecule has 2 aromatic rings. The summed E-state index contributed by atoms with van der Waals surface area (Å²) in [5.74, 6) is -1.43. The Balaban J connectivity index is 1.65. The number of benzene rings is 2. The van der Waals surface area contributed by atoms with Crippen molar-refractivity contribution in [1.82, 2.24) is 15.5 Å². The first kappa shape index (κ1) is 18.6. The van der Waals surface area contributed by atoms with Crippen LogP contribution in [-0.2, 0) is 21.7 Å². The molecular formula is C20H20FN3O3. The minimum Gasteiger partial charge on any atom is -0.350 e. The van der Waals surface area contributed by atoms with Crippen LogP contribution in [0.4, 0.5) is 9.18 Å². The van der Waals surface area contributed by atoms with Gasteiger partial charge in [0.05, 0.1) is 0 Å². The van der Waals surface area contributed by atoms with Gasteiger partial charge in [0.1, 0.15) is 17.9 Å². The molecule has 7 heteroatoms. The molecule has 27 heavy (non-hydrogen) atoms. The molecule has 1 aliphatic rings. The summed E-state index contributed by atoms with van der Waals surface area (Å²) < 4.78 is 13.1. The van der Waals surface area contributed by atoms with Gasteiger partial charge < -0.3 is 10.6 Å². The maximum absolute atomic E-state index is 13.1. The predicted molar refractivity (Wildman–Crippen MR) is 97.0 cm³/mol. The third kappa shape index (κ3) is 3.81. The number of aryl methyl sites for hydroxylation is 1. The molecule has 2 N–H and O–H groups in total. The first-order chi connectivity index (χ1) is 12.8. The highest BCUT2D eigenvalue weighted by molar-refractivity contribution is 6.09.